The van der Waals surface area contributed by atoms with E-state index in [1.54, 1.807) is 18.2 Å². The summed E-state index contributed by atoms with van der Waals surface area (Å²) in [4.78, 5) is 11.1. The van der Waals surface area contributed by atoms with Crippen molar-refractivity contribution in [2.45, 2.75) is 16.6 Å². The monoisotopic (exact) mass is 256 g/mol. The third kappa shape index (κ3) is 1.73. The van der Waals surface area contributed by atoms with Gasteiger partial charge in [-0.25, -0.2) is 8.42 Å². The lowest BCUT2D eigenvalue weighted by Gasteiger charge is -2.09. The number of rotatable bonds is 4. The molecule has 17 heavy (non-hydrogen) atoms. The fourth-order valence-electron chi connectivity index (χ4n) is 1.91. The molecule has 1 fully saturated rings. The number of carbonyl (C=O) groups is 1. The normalized spacial score (nSPS) is 27.7. The van der Waals surface area contributed by atoms with E-state index in [0.717, 1.165) is 0 Å². The van der Waals surface area contributed by atoms with Crippen molar-refractivity contribution in [2.75, 3.05) is 6.61 Å². The zero-order valence-electron chi connectivity index (χ0n) is 8.91. The quantitative estimate of drug-likeness (QED) is 0.808. The van der Waals surface area contributed by atoms with Crippen LogP contribution >= 0.6 is 0 Å². The van der Waals surface area contributed by atoms with Gasteiger partial charge in [0.2, 0.25) is 0 Å². The number of carboxylic acids is 1. The van der Waals surface area contributed by atoms with Crippen molar-refractivity contribution in [1.82, 2.24) is 0 Å². The number of hydrogen-bond acceptors (Lipinski definition) is 4. The predicted molar refractivity (Wildman–Crippen MR) is 59.2 cm³/mol. The standard InChI is InChI=1S/C11H12O5S/c12-7-11(10(13)14)6-9(11)17(15,16)8-4-2-1-3-5-8/h1-5,9,12H,6-7H2,(H,13,14)/t9-,11-/m1/s1. The van der Waals surface area contributed by atoms with Crippen LogP contribution in [-0.2, 0) is 14.6 Å². The van der Waals surface area contributed by atoms with Gasteiger partial charge in [-0.05, 0) is 18.6 Å². The Bertz CT molecular complexity index is 536. The van der Waals surface area contributed by atoms with Gasteiger partial charge in [0.1, 0.15) is 5.41 Å². The largest absolute Gasteiger partial charge is 0.481 e. The lowest BCUT2D eigenvalue weighted by molar-refractivity contribution is -0.144. The predicted octanol–water partition coefficient (Wildman–Crippen LogP) is 0.296. The number of carboxylic acid groups (broad SMARTS) is 1. The highest BCUT2D eigenvalue weighted by Crippen LogP contribution is 2.52. The Morgan fingerprint density at radius 1 is 1.35 bits per heavy atom. The third-order valence-electron chi connectivity index (χ3n) is 3.16. The van der Waals surface area contributed by atoms with Crippen LogP contribution in [0.15, 0.2) is 35.2 Å². The molecule has 0 unspecified atom stereocenters. The summed E-state index contributed by atoms with van der Waals surface area (Å²) in [5, 5.41) is 17.0. The molecule has 1 aliphatic carbocycles. The molecule has 92 valence electrons. The molecule has 0 spiro atoms. The van der Waals surface area contributed by atoms with E-state index in [-0.39, 0.29) is 11.3 Å². The topological polar surface area (TPSA) is 91.7 Å². The highest BCUT2D eigenvalue weighted by molar-refractivity contribution is 7.92. The van der Waals surface area contributed by atoms with Gasteiger partial charge < -0.3 is 10.2 Å². The summed E-state index contributed by atoms with van der Waals surface area (Å²) in [6, 6.07) is 7.70. The fraction of sp³-hybridized carbons (Fsp3) is 0.364. The van der Waals surface area contributed by atoms with Crippen LogP contribution in [0.25, 0.3) is 0 Å². The summed E-state index contributed by atoms with van der Waals surface area (Å²) in [6.45, 7) is -0.654. The zero-order valence-corrected chi connectivity index (χ0v) is 9.72. The molecule has 0 radical (unpaired) electrons. The number of aliphatic hydroxyl groups excluding tert-OH is 1. The van der Waals surface area contributed by atoms with Crippen LogP contribution in [0.1, 0.15) is 6.42 Å². The van der Waals surface area contributed by atoms with Crippen LogP contribution in [0.2, 0.25) is 0 Å². The lowest BCUT2D eigenvalue weighted by atomic mass is 10.1. The van der Waals surface area contributed by atoms with Crippen LogP contribution in [0.3, 0.4) is 0 Å². The molecule has 1 aromatic rings. The van der Waals surface area contributed by atoms with Gasteiger partial charge in [-0.2, -0.15) is 0 Å². The minimum Gasteiger partial charge on any atom is -0.481 e. The van der Waals surface area contributed by atoms with Gasteiger partial charge in [0.05, 0.1) is 16.8 Å². The molecule has 0 amide bonds. The molecule has 0 saturated heterocycles. The molecule has 2 atom stereocenters. The Kier molecular flexibility index (Phi) is 2.71. The van der Waals surface area contributed by atoms with E-state index < -0.39 is 33.1 Å². The van der Waals surface area contributed by atoms with Crippen molar-refractivity contribution in [3.63, 3.8) is 0 Å². The molecule has 2 rings (SSSR count). The number of benzene rings is 1. The van der Waals surface area contributed by atoms with Gasteiger partial charge >= 0.3 is 5.97 Å². The maximum Gasteiger partial charge on any atom is 0.313 e. The Morgan fingerprint density at radius 2 is 1.94 bits per heavy atom. The van der Waals surface area contributed by atoms with Gasteiger partial charge in [0, 0.05) is 0 Å². The second-order valence-electron chi connectivity index (χ2n) is 4.17. The van der Waals surface area contributed by atoms with E-state index in [0.29, 0.717) is 0 Å². The first-order chi connectivity index (χ1) is 7.95. The van der Waals surface area contributed by atoms with Gasteiger partial charge in [-0.1, -0.05) is 18.2 Å². The van der Waals surface area contributed by atoms with Gasteiger partial charge in [-0.3, -0.25) is 4.79 Å². The molecular formula is C11H12O5S. The maximum atomic E-state index is 12.1. The van der Waals surface area contributed by atoms with E-state index in [9.17, 15) is 13.2 Å². The third-order valence-corrected chi connectivity index (χ3v) is 5.46. The number of aliphatic carboxylic acids is 1. The van der Waals surface area contributed by atoms with Crippen molar-refractivity contribution < 1.29 is 23.4 Å². The second-order valence-corrected chi connectivity index (χ2v) is 6.30. The lowest BCUT2D eigenvalue weighted by Crippen LogP contribution is -2.27. The highest BCUT2D eigenvalue weighted by Gasteiger charge is 2.66. The number of hydrogen-bond donors (Lipinski definition) is 2. The van der Waals surface area contributed by atoms with Crippen LogP contribution in [0.5, 0.6) is 0 Å². The number of sulfone groups is 1. The average Bonchev–Trinajstić information content (AvgIpc) is 3.07. The second kappa shape index (κ2) is 3.82. The molecular weight excluding hydrogens is 244 g/mol. The van der Waals surface area contributed by atoms with Crippen molar-refractivity contribution in [1.29, 1.82) is 0 Å². The summed E-state index contributed by atoms with van der Waals surface area (Å²) >= 11 is 0. The highest BCUT2D eigenvalue weighted by atomic mass is 32.2. The summed E-state index contributed by atoms with van der Waals surface area (Å²) in [7, 11) is -3.67. The van der Waals surface area contributed by atoms with Crippen molar-refractivity contribution in [3.8, 4) is 0 Å². The van der Waals surface area contributed by atoms with Gasteiger partial charge in [0.15, 0.2) is 9.84 Å². The smallest absolute Gasteiger partial charge is 0.313 e. The van der Waals surface area contributed by atoms with Gasteiger partial charge in [-0.15, -0.1) is 0 Å². The Hall–Kier alpha value is -1.40. The first kappa shape index (κ1) is 12.1. The minimum absolute atomic E-state index is 0.0317. The molecule has 6 heteroatoms. The van der Waals surface area contributed by atoms with Crippen LogP contribution in [-0.4, -0.2) is 36.5 Å². The molecule has 1 aromatic carbocycles. The summed E-state index contributed by atoms with van der Waals surface area (Å²) in [5.74, 6) is -1.26. The zero-order chi connectivity index (χ0) is 12.7. The molecule has 2 N–H and O–H groups in total. The van der Waals surface area contributed by atoms with E-state index in [1.807, 2.05) is 0 Å². The fourth-order valence-corrected chi connectivity index (χ4v) is 4.06. The Morgan fingerprint density at radius 3 is 2.35 bits per heavy atom. The van der Waals surface area contributed by atoms with E-state index in [1.165, 1.54) is 12.1 Å². The molecule has 1 saturated carbocycles. The maximum absolute atomic E-state index is 12.1. The van der Waals surface area contributed by atoms with Crippen LogP contribution in [0, 0.1) is 5.41 Å². The summed E-state index contributed by atoms with van der Waals surface area (Å²) in [6.07, 6.45) is -0.0317. The summed E-state index contributed by atoms with van der Waals surface area (Å²) in [5.41, 5.74) is -1.52. The Balaban J connectivity index is 2.36. The van der Waals surface area contributed by atoms with Crippen molar-refractivity contribution in [2.24, 2.45) is 5.41 Å². The number of aliphatic hydroxyl groups is 1. The van der Waals surface area contributed by atoms with Crippen molar-refractivity contribution in [3.05, 3.63) is 30.3 Å². The SMILES string of the molecule is O=C(O)[C@@]1(CO)C[C@H]1S(=O)(=O)c1ccccc1. The van der Waals surface area contributed by atoms with Crippen molar-refractivity contribution >= 4 is 15.8 Å². The van der Waals surface area contributed by atoms with Gasteiger partial charge in [0.25, 0.3) is 0 Å². The van der Waals surface area contributed by atoms with E-state index >= 15 is 0 Å². The molecule has 0 aromatic heterocycles. The van der Waals surface area contributed by atoms with E-state index in [2.05, 4.69) is 0 Å². The van der Waals surface area contributed by atoms with E-state index in [4.69, 9.17) is 10.2 Å². The molecule has 0 heterocycles. The van der Waals surface area contributed by atoms with Crippen LogP contribution < -0.4 is 0 Å². The summed E-state index contributed by atoms with van der Waals surface area (Å²) < 4.78 is 24.2. The Labute approximate surface area is 98.6 Å². The molecule has 0 aliphatic heterocycles. The average molecular weight is 256 g/mol. The minimum atomic E-state index is -3.67. The molecule has 0 bridgehead atoms. The first-order valence-corrected chi connectivity index (χ1v) is 6.63. The molecule has 1 aliphatic rings. The first-order valence-electron chi connectivity index (χ1n) is 5.08. The van der Waals surface area contributed by atoms with Crippen LogP contribution in [0.4, 0.5) is 0 Å². The molecule has 5 nitrogen and oxygen atoms in total.